The fourth-order valence-corrected chi connectivity index (χ4v) is 3.17. The van der Waals surface area contributed by atoms with Gasteiger partial charge in [0.15, 0.2) is 0 Å². The minimum atomic E-state index is 0.919. The highest BCUT2D eigenvalue weighted by molar-refractivity contribution is 4.92. The molecule has 0 aromatic heterocycles. The van der Waals surface area contributed by atoms with E-state index >= 15 is 0 Å². The lowest BCUT2D eigenvalue weighted by atomic mass is 9.97. The first-order valence-electron chi connectivity index (χ1n) is 4.95. The van der Waals surface area contributed by atoms with Crippen LogP contribution in [0.15, 0.2) is 0 Å². The lowest BCUT2D eigenvalue weighted by molar-refractivity contribution is 0.226. The summed E-state index contributed by atoms with van der Waals surface area (Å²) < 4.78 is 0. The maximum atomic E-state index is 2.44. The van der Waals surface area contributed by atoms with Gasteiger partial charge in [0.2, 0.25) is 0 Å². The molecule has 0 saturated heterocycles. The molecule has 2 aliphatic rings. The Labute approximate surface area is 69.8 Å². The van der Waals surface area contributed by atoms with Crippen LogP contribution in [0, 0.1) is 11.8 Å². The van der Waals surface area contributed by atoms with E-state index in [2.05, 4.69) is 19.0 Å². The van der Waals surface area contributed by atoms with Gasteiger partial charge < -0.3 is 4.90 Å². The summed E-state index contributed by atoms with van der Waals surface area (Å²) in [4.78, 5) is 2.44. The topological polar surface area (TPSA) is 3.24 Å². The van der Waals surface area contributed by atoms with E-state index < -0.39 is 0 Å². The largest absolute Gasteiger partial charge is 0.306 e. The number of fused-ring (bicyclic) bond motifs is 1. The van der Waals surface area contributed by atoms with Gasteiger partial charge in [-0.1, -0.05) is 12.8 Å². The molecule has 1 nitrogen and oxygen atoms in total. The van der Waals surface area contributed by atoms with Crippen molar-refractivity contribution in [2.24, 2.45) is 11.8 Å². The number of hydrogen-bond donors (Lipinski definition) is 0. The summed E-state index contributed by atoms with van der Waals surface area (Å²) >= 11 is 0. The molecular weight excluding hydrogens is 134 g/mol. The van der Waals surface area contributed by atoms with Crippen LogP contribution in [0.1, 0.15) is 32.1 Å². The van der Waals surface area contributed by atoms with Crippen LogP contribution in [-0.2, 0) is 0 Å². The maximum Gasteiger partial charge on any atom is 0.0120 e. The van der Waals surface area contributed by atoms with Gasteiger partial charge in [-0.3, -0.25) is 0 Å². The van der Waals surface area contributed by atoms with Gasteiger partial charge in [-0.2, -0.15) is 0 Å². The highest BCUT2D eigenvalue weighted by atomic mass is 15.1. The van der Waals surface area contributed by atoms with Crippen LogP contribution in [0.5, 0.6) is 0 Å². The van der Waals surface area contributed by atoms with Gasteiger partial charge in [0.1, 0.15) is 0 Å². The molecule has 0 spiro atoms. The lowest BCUT2D eigenvalue weighted by Crippen LogP contribution is -2.31. The van der Waals surface area contributed by atoms with Crippen LogP contribution < -0.4 is 0 Å². The fraction of sp³-hybridized carbons (Fsp3) is 1.00. The highest BCUT2D eigenvalue weighted by Gasteiger charge is 2.39. The summed E-state index contributed by atoms with van der Waals surface area (Å²) in [6.07, 6.45) is 7.50. The molecule has 0 aromatic carbocycles. The van der Waals surface area contributed by atoms with Crippen LogP contribution in [0.4, 0.5) is 0 Å². The van der Waals surface area contributed by atoms with Crippen LogP contribution >= 0.6 is 0 Å². The molecule has 2 aliphatic carbocycles. The minimum absolute atomic E-state index is 0.919. The third-order valence-corrected chi connectivity index (χ3v) is 3.71. The predicted molar refractivity (Wildman–Crippen MR) is 47.5 cm³/mol. The van der Waals surface area contributed by atoms with E-state index in [1.54, 1.807) is 0 Å². The van der Waals surface area contributed by atoms with Crippen LogP contribution in [0.25, 0.3) is 0 Å². The standard InChI is InChI=1S/C10H19N/c1-11(2)10-7-6-8-4-3-5-9(8)10/h8-10H,3-7H2,1-2H3/t8-,9?,10+/m0/s1. The third kappa shape index (κ3) is 1.20. The lowest BCUT2D eigenvalue weighted by Gasteiger charge is -2.25. The third-order valence-electron chi connectivity index (χ3n) is 3.71. The average molecular weight is 153 g/mol. The number of nitrogens with zero attached hydrogens (tertiary/aromatic N) is 1. The summed E-state index contributed by atoms with van der Waals surface area (Å²) in [7, 11) is 4.48. The second-order valence-corrected chi connectivity index (χ2v) is 4.46. The predicted octanol–water partition coefficient (Wildman–Crippen LogP) is 2.13. The normalized spacial score (nSPS) is 43.4. The van der Waals surface area contributed by atoms with Crippen molar-refractivity contribution in [2.75, 3.05) is 14.1 Å². The van der Waals surface area contributed by atoms with Gasteiger partial charge in [-0.15, -0.1) is 0 Å². The minimum Gasteiger partial charge on any atom is -0.306 e. The Morgan fingerprint density at radius 2 is 1.82 bits per heavy atom. The van der Waals surface area contributed by atoms with Crippen molar-refractivity contribution in [3.05, 3.63) is 0 Å². The molecule has 2 rings (SSSR count). The molecule has 2 fully saturated rings. The molecular formula is C10H19N. The number of hydrogen-bond acceptors (Lipinski definition) is 1. The Kier molecular flexibility index (Phi) is 1.92. The van der Waals surface area contributed by atoms with Crippen molar-refractivity contribution in [1.29, 1.82) is 0 Å². The summed E-state index contributed by atoms with van der Waals surface area (Å²) in [6, 6.07) is 0.919. The van der Waals surface area contributed by atoms with Gasteiger partial charge in [0.25, 0.3) is 0 Å². The average Bonchev–Trinajstić information content (AvgIpc) is 2.41. The van der Waals surface area contributed by atoms with Crippen LogP contribution in [0.3, 0.4) is 0 Å². The van der Waals surface area contributed by atoms with E-state index in [9.17, 15) is 0 Å². The van der Waals surface area contributed by atoms with E-state index in [4.69, 9.17) is 0 Å². The molecule has 0 bridgehead atoms. The van der Waals surface area contributed by atoms with E-state index in [1.165, 1.54) is 32.1 Å². The molecule has 0 N–H and O–H groups in total. The zero-order valence-electron chi connectivity index (χ0n) is 7.71. The molecule has 0 aromatic rings. The summed E-state index contributed by atoms with van der Waals surface area (Å²) in [5, 5.41) is 0. The maximum absolute atomic E-state index is 2.44. The SMILES string of the molecule is CN(C)[C@@H]1CC[C@@H]2CCCC21. The molecule has 64 valence electrons. The van der Waals surface area contributed by atoms with E-state index in [0.29, 0.717) is 0 Å². The zero-order chi connectivity index (χ0) is 7.84. The molecule has 11 heavy (non-hydrogen) atoms. The molecule has 0 radical (unpaired) electrons. The van der Waals surface area contributed by atoms with Crippen LogP contribution in [0.2, 0.25) is 0 Å². The molecule has 0 heterocycles. The smallest absolute Gasteiger partial charge is 0.0120 e. The highest BCUT2D eigenvalue weighted by Crippen LogP contribution is 2.45. The van der Waals surface area contributed by atoms with Gasteiger partial charge in [0.05, 0.1) is 0 Å². The Hall–Kier alpha value is -0.0400. The molecule has 0 aliphatic heterocycles. The Balaban J connectivity index is 2.03. The monoisotopic (exact) mass is 153 g/mol. The van der Waals surface area contributed by atoms with Crippen molar-refractivity contribution in [3.63, 3.8) is 0 Å². The fourth-order valence-electron chi connectivity index (χ4n) is 3.17. The second kappa shape index (κ2) is 2.78. The Morgan fingerprint density at radius 1 is 1.00 bits per heavy atom. The molecule has 0 amide bonds. The van der Waals surface area contributed by atoms with Gasteiger partial charge in [-0.25, -0.2) is 0 Å². The molecule has 1 heteroatoms. The first kappa shape index (κ1) is 7.60. The van der Waals surface area contributed by atoms with Crippen molar-refractivity contribution in [2.45, 2.75) is 38.1 Å². The van der Waals surface area contributed by atoms with Crippen molar-refractivity contribution >= 4 is 0 Å². The molecule has 1 unspecified atom stereocenters. The molecule has 2 saturated carbocycles. The van der Waals surface area contributed by atoms with Crippen LogP contribution in [-0.4, -0.2) is 25.0 Å². The first-order chi connectivity index (χ1) is 5.29. The van der Waals surface area contributed by atoms with Crippen molar-refractivity contribution in [1.82, 2.24) is 4.90 Å². The summed E-state index contributed by atoms with van der Waals surface area (Å²) in [5.41, 5.74) is 0. The van der Waals surface area contributed by atoms with Crippen molar-refractivity contribution < 1.29 is 0 Å². The van der Waals surface area contributed by atoms with Gasteiger partial charge >= 0.3 is 0 Å². The van der Waals surface area contributed by atoms with Crippen molar-refractivity contribution in [3.8, 4) is 0 Å². The van der Waals surface area contributed by atoms with Gasteiger partial charge in [-0.05, 0) is 45.2 Å². The van der Waals surface area contributed by atoms with E-state index in [0.717, 1.165) is 17.9 Å². The Morgan fingerprint density at radius 3 is 2.55 bits per heavy atom. The number of rotatable bonds is 1. The second-order valence-electron chi connectivity index (χ2n) is 4.46. The summed E-state index contributed by atoms with van der Waals surface area (Å²) in [6.45, 7) is 0. The molecule has 3 atom stereocenters. The van der Waals surface area contributed by atoms with E-state index in [1.807, 2.05) is 0 Å². The Bertz CT molecular complexity index is 142. The van der Waals surface area contributed by atoms with E-state index in [-0.39, 0.29) is 0 Å². The first-order valence-corrected chi connectivity index (χ1v) is 4.95. The quantitative estimate of drug-likeness (QED) is 0.558. The van der Waals surface area contributed by atoms with Gasteiger partial charge in [0, 0.05) is 6.04 Å². The zero-order valence-corrected chi connectivity index (χ0v) is 7.71. The summed E-state index contributed by atoms with van der Waals surface area (Å²) in [5.74, 6) is 2.16.